The third-order valence-corrected chi connectivity index (χ3v) is 4.71. The van der Waals surface area contributed by atoms with Crippen LogP contribution in [0.3, 0.4) is 0 Å². The van der Waals surface area contributed by atoms with E-state index in [4.69, 9.17) is 0 Å². The third kappa shape index (κ3) is 5.48. The van der Waals surface area contributed by atoms with Crippen molar-refractivity contribution in [2.75, 3.05) is 11.1 Å². The number of carbonyl (C=O) groups is 1. The van der Waals surface area contributed by atoms with Crippen LogP contribution in [0.4, 0.5) is 24.5 Å². The Bertz CT molecular complexity index is 795. The number of nitrogens with one attached hydrogen (secondary N) is 1. The quantitative estimate of drug-likeness (QED) is 0.559. The van der Waals surface area contributed by atoms with Crippen LogP contribution in [0.15, 0.2) is 48.5 Å². The van der Waals surface area contributed by atoms with Gasteiger partial charge in [0, 0.05) is 23.1 Å². The van der Waals surface area contributed by atoms with Gasteiger partial charge in [-0.15, -0.1) is 11.8 Å². The number of alkyl halides is 3. The summed E-state index contributed by atoms with van der Waals surface area (Å²) in [4.78, 5) is 22.3. The second-order valence-electron chi connectivity index (χ2n) is 5.43. The van der Waals surface area contributed by atoms with Crippen molar-refractivity contribution in [3.63, 3.8) is 0 Å². The molecule has 2 aromatic rings. The first-order chi connectivity index (χ1) is 12.2. The van der Waals surface area contributed by atoms with Crippen LogP contribution in [0.2, 0.25) is 0 Å². The van der Waals surface area contributed by atoms with Gasteiger partial charge in [0.1, 0.15) is 0 Å². The van der Waals surface area contributed by atoms with Gasteiger partial charge >= 0.3 is 6.18 Å². The molecule has 0 radical (unpaired) electrons. The predicted molar refractivity (Wildman–Crippen MR) is 94.0 cm³/mol. The highest BCUT2D eigenvalue weighted by molar-refractivity contribution is 8.00. The van der Waals surface area contributed by atoms with Gasteiger partial charge in [0.25, 0.3) is 5.69 Å². The fourth-order valence-corrected chi connectivity index (χ4v) is 2.94. The number of rotatable bonds is 6. The molecule has 0 bridgehead atoms. The zero-order valence-corrected chi connectivity index (χ0v) is 14.4. The fourth-order valence-electron chi connectivity index (χ4n) is 2.13. The number of halogens is 3. The number of benzene rings is 2. The fraction of sp³-hybridized carbons (Fsp3) is 0.235. The molecule has 0 fully saturated rings. The Balaban J connectivity index is 1.90. The molecule has 2 rings (SSSR count). The maximum atomic E-state index is 12.5. The van der Waals surface area contributed by atoms with Gasteiger partial charge < -0.3 is 5.32 Å². The Labute approximate surface area is 151 Å². The SMILES string of the molecule is C[C@@H](SCC(=O)Nc1ccc(C(F)(F)F)cc1)c1cccc([N+](=O)[O-])c1. The van der Waals surface area contributed by atoms with Gasteiger partial charge in [-0.2, -0.15) is 13.2 Å². The predicted octanol–water partition coefficient (Wildman–Crippen LogP) is 5.05. The van der Waals surface area contributed by atoms with E-state index in [2.05, 4.69) is 5.32 Å². The first-order valence-electron chi connectivity index (χ1n) is 7.50. The maximum Gasteiger partial charge on any atom is 0.416 e. The molecule has 138 valence electrons. The molecule has 0 spiro atoms. The monoisotopic (exact) mass is 384 g/mol. The van der Waals surface area contributed by atoms with E-state index in [1.54, 1.807) is 12.1 Å². The summed E-state index contributed by atoms with van der Waals surface area (Å²) in [5.74, 6) is -0.308. The summed E-state index contributed by atoms with van der Waals surface area (Å²) in [6, 6.07) is 10.3. The van der Waals surface area contributed by atoms with E-state index in [1.807, 2.05) is 6.92 Å². The zero-order chi connectivity index (χ0) is 19.3. The standard InChI is InChI=1S/C17H15F3N2O3S/c1-11(12-3-2-4-15(9-12)22(24)25)26-10-16(23)21-14-7-5-13(6-8-14)17(18,19)20/h2-9,11H,10H2,1H3,(H,21,23)/t11-/m1/s1. The lowest BCUT2D eigenvalue weighted by Crippen LogP contribution is -2.15. The lowest BCUT2D eigenvalue weighted by molar-refractivity contribution is -0.384. The molecule has 1 amide bonds. The highest BCUT2D eigenvalue weighted by Gasteiger charge is 2.30. The molecular formula is C17H15F3N2O3S. The molecule has 26 heavy (non-hydrogen) atoms. The number of hydrogen-bond donors (Lipinski definition) is 1. The number of carbonyl (C=O) groups excluding carboxylic acids is 1. The molecule has 0 aromatic heterocycles. The van der Waals surface area contributed by atoms with Crippen molar-refractivity contribution in [3.05, 3.63) is 69.8 Å². The van der Waals surface area contributed by atoms with Gasteiger partial charge in [-0.3, -0.25) is 14.9 Å². The van der Waals surface area contributed by atoms with E-state index in [-0.39, 0.29) is 28.3 Å². The van der Waals surface area contributed by atoms with E-state index in [0.29, 0.717) is 5.56 Å². The van der Waals surface area contributed by atoms with Crippen molar-refractivity contribution in [2.24, 2.45) is 0 Å². The first-order valence-corrected chi connectivity index (χ1v) is 8.55. The molecule has 1 N–H and O–H groups in total. The molecule has 0 saturated carbocycles. The van der Waals surface area contributed by atoms with E-state index in [0.717, 1.165) is 12.1 Å². The van der Waals surface area contributed by atoms with Gasteiger partial charge in [0.15, 0.2) is 0 Å². The number of anilines is 1. The Morgan fingerprint density at radius 3 is 2.46 bits per heavy atom. The van der Waals surface area contributed by atoms with Crippen LogP contribution in [0, 0.1) is 10.1 Å². The normalized spacial score (nSPS) is 12.5. The smallest absolute Gasteiger partial charge is 0.325 e. The second kappa shape index (κ2) is 8.22. The van der Waals surface area contributed by atoms with Gasteiger partial charge in [0.2, 0.25) is 5.91 Å². The number of non-ortho nitro benzene ring substituents is 1. The van der Waals surface area contributed by atoms with Crippen molar-refractivity contribution in [2.45, 2.75) is 18.3 Å². The Morgan fingerprint density at radius 2 is 1.88 bits per heavy atom. The molecule has 9 heteroatoms. The molecule has 0 saturated heterocycles. The van der Waals surface area contributed by atoms with Crippen LogP contribution >= 0.6 is 11.8 Å². The second-order valence-corrected chi connectivity index (χ2v) is 6.76. The topological polar surface area (TPSA) is 72.2 Å². The van der Waals surface area contributed by atoms with Crippen molar-refractivity contribution in [1.29, 1.82) is 0 Å². The Hall–Kier alpha value is -2.55. The molecule has 2 aromatic carbocycles. The number of amides is 1. The van der Waals surface area contributed by atoms with Crippen molar-refractivity contribution in [1.82, 2.24) is 0 Å². The molecule has 0 heterocycles. The summed E-state index contributed by atoms with van der Waals surface area (Å²) in [6.45, 7) is 1.81. The van der Waals surface area contributed by atoms with Gasteiger partial charge in [-0.25, -0.2) is 0 Å². The first kappa shape index (κ1) is 19.8. The number of nitrogens with zero attached hydrogens (tertiary/aromatic N) is 1. The van der Waals surface area contributed by atoms with Gasteiger partial charge in [-0.05, 0) is 36.8 Å². The lowest BCUT2D eigenvalue weighted by atomic mass is 10.1. The van der Waals surface area contributed by atoms with E-state index < -0.39 is 16.7 Å². The number of thioether (sulfide) groups is 1. The largest absolute Gasteiger partial charge is 0.416 e. The molecule has 0 aliphatic heterocycles. The highest BCUT2D eigenvalue weighted by Crippen LogP contribution is 2.31. The number of hydrogen-bond acceptors (Lipinski definition) is 4. The van der Waals surface area contributed by atoms with Crippen molar-refractivity contribution < 1.29 is 22.9 Å². The van der Waals surface area contributed by atoms with Crippen LogP contribution in [0.1, 0.15) is 23.3 Å². The lowest BCUT2D eigenvalue weighted by Gasteiger charge is -2.12. The van der Waals surface area contributed by atoms with Gasteiger partial charge in [0.05, 0.1) is 16.2 Å². The maximum absolute atomic E-state index is 12.5. The summed E-state index contributed by atoms with van der Waals surface area (Å²) in [5.41, 5.74) is 0.173. The molecule has 0 aliphatic carbocycles. The summed E-state index contributed by atoms with van der Waals surface area (Å²) in [6.07, 6.45) is -4.42. The van der Waals surface area contributed by atoms with Crippen LogP contribution in [-0.4, -0.2) is 16.6 Å². The van der Waals surface area contributed by atoms with Crippen LogP contribution < -0.4 is 5.32 Å². The van der Waals surface area contributed by atoms with E-state index in [9.17, 15) is 28.1 Å². The number of nitro benzene ring substituents is 1. The minimum atomic E-state index is -4.42. The van der Waals surface area contributed by atoms with Crippen molar-refractivity contribution >= 4 is 29.0 Å². The van der Waals surface area contributed by atoms with E-state index in [1.165, 1.54) is 36.0 Å². The zero-order valence-electron chi connectivity index (χ0n) is 13.6. The minimum absolute atomic E-state index is 0.0239. The Kier molecular flexibility index (Phi) is 6.25. The number of nitro groups is 1. The van der Waals surface area contributed by atoms with E-state index >= 15 is 0 Å². The summed E-state index contributed by atoms with van der Waals surface area (Å²) < 4.78 is 37.5. The average molecular weight is 384 g/mol. The van der Waals surface area contributed by atoms with Gasteiger partial charge in [-0.1, -0.05) is 12.1 Å². The van der Waals surface area contributed by atoms with Crippen LogP contribution in [0.5, 0.6) is 0 Å². The third-order valence-electron chi connectivity index (χ3n) is 3.51. The molecular weight excluding hydrogens is 369 g/mol. The van der Waals surface area contributed by atoms with Crippen molar-refractivity contribution in [3.8, 4) is 0 Å². The summed E-state index contributed by atoms with van der Waals surface area (Å²) >= 11 is 1.27. The van der Waals surface area contributed by atoms with Crippen LogP contribution in [-0.2, 0) is 11.0 Å². The molecule has 0 aliphatic rings. The minimum Gasteiger partial charge on any atom is -0.325 e. The summed E-state index contributed by atoms with van der Waals surface area (Å²) in [7, 11) is 0. The molecule has 5 nitrogen and oxygen atoms in total. The highest BCUT2D eigenvalue weighted by atomic mass is 32.2. The molecule has 0 unspecified atom stereocenters. The average Bonchev–Trinajstić information content (AvgIpc) is 2.59. The molecule has 1 atom stereocenters. The van der Waals surface area contributed by atoms with Crippen LogP contribution in [0.25, 0.3) is 0 Å². The Morgan fingerprint density at radius 1 is 1.23 bits per heavy atom. The summed E-state index contributed by atoms with van der Waals surface area (Å²) in [5, 5.41) is 13.2.